The Labute approximate surface area is 124 Å². The Morgan fingerprint density at radius 1 is 1.24 bits per heavy atom. The maximum absolute atomic E-state index is 12.0. The van der Waals surface area contributed by atoms with E-state index in [9.17, 15) is 14.4 Å². The Hall–Kier alpha value is -1.59. The van der Waals surface area contributed by atoms with Crippen molar-refractivity contribution in [2.24, 2.45) is 11.3 Å². The van der Waals surface area contributed by atoms with Crippen LogP contribution in [0.4, 0.5) is 0 Å². The van der Waals surface area contributed by atoms with Crippen LogP contribution in [0.1, 0.15) is 46.0 Å². The van der Waals surface area contributed by atoms with E-state index in [1.807, 2.05) is 18.7 Å². The van der Waals surface area contributed by atoms with Crippen molar-refractivity contribution in [3.63, 3.8) is 0 Å². The summed E-state index contributed by atoms with van der Waals surface area (Å²) in [4.78, 5) is 36.9. The largest absolute Gasteiger partial charge is 0.480 e. The lowest BCUT2D eigenvalue weighted by molar-refractivity contribution is -0.149. The number of piperidine rings is 1. The van der Waals surface area contributed by atoms with Gasteiger partial charge in [-0.05, 0) is 31.6 Å². The number of nitrogens with one attached hydrogen (secondary N) is 1. The van der Waals surface area contributed by atoms with Crippen LogP contribution >= 0.6 is 0 Å². The lowest BCUT2D eigenvalue weighted by atomic mass is 10.0. The second-order valence-corrected chi connectivity index (χ2v) is 6.61. The summed E-state index contributed by atoms with van der Waals surface area (Å²) in [5.74, 6) is -0.870. The van der Waals surface area contributed by atoms with Crippen LogP contribution in [0.3, 0.4) is 0 Å². The second kappa shape index (κ2) is 6.03. The summed E-state index contributed by atoms with van der Waals surface area (Å²) in [5, 5.41) is 11.9. The molecule has 1 heterocycles. The van der Waals surface area contributed by atoms with Crippen molar-refractivity contribution < 1.29 is 19.5 Å². The van der Waals surface area contributed by atoms with Gasteiger partial charge in [0.2, 0.25) is 11.8 Å². The molecule has 0 atom stereocenters. The Bertz CT molecular complexity index is 435. The number of carbonyl (C=O) groups is 3. The maximum Gasteiger partial charge on any atom is 0.319 e. The van der Waals surface area contributed by atoms with Crippen molar-refractivity contribution in [2.45, 2.75) is 52.0 Å². The van der Waals surface area contributed by atoms with Gasteiger partial charge in [-0.1, -0.05) is 13.8 Å². The number of rotatable bonds is 5. The highest BCUT2D eigenvalue weighted by molar-refractivity contribution is 6.04. The molecule has 1 aliphatic heterocycles. The molecule has 0 radical (unpaired) electrons. The van der Waals surface area contributed by atoms with Gasteiger partial charge >= 0.3 is 5.97 Å². The van der Waals surface area contributed by atoms with Gasteiger partial charge in [-0.25, -0.2) is 0 Å². The molecule has 1 saturated carbocycles. The summed E-state index contributed by atoms with van der Waals surface area (Å²) in [7, 11) is 0. The van der Waals surface area contributed by atoms with E-state index in [0.717, 1.165) is 0 Å². The predicted octanol–water partition coefficient (Wildman–Crippen LogP) is 1.00. The molecule has 6 heteroatoms. The molecule has 118 valence electrons. The Morgan fingerprint density at radius 2 is 1.81 bits per heavy atom. The Balaban J connectivity index is 1.78. The molecule has 0 unspecified atom stereocenters. The maximum atomic E-state index is 12.0. The molecule has 21 heavy (non-hydrogen) atoms. The van der Waals surface area contributed by atoms with Crippen LogP contribution in [0.15, 0.2) is 0 Å². The van der Waals surface area contributed by atoms with Crippen LogP contribution in [0.2, 0.25) is 0 Å². The molecule has 2 amide bonds. The molecule has 2 N–H and O–H groups in total. The number of nitrogens with zero attached hydrogens (tertiary/aromatic N) is 1. The molecule has 0 aromatic heterocycles. The molecular formula is C15H24N2O4. The Morgan fingerprint density at radius 3 is 2.24 bits per heavy atom. The molecule has 1 aliphatic carbocycles. The molecule has 1 saturated heterocycles. The van der Waals surface area contributed by atoms with Gasteiger partial charge in [-0.2, -0.15) is 0 Å². The van der Waals surface area contributed by atoms with Gasteiger partial charge in [-0.3, -0.25) is 14.4 Å². The van der Waals surface area contributed by atoms with Crippen molar-refractivity contribution in [1.82, 2.24) is 10.2 Å². The quantitative estimate of drug-likeness (QED) is 0.741. The van der Waals surface area contributed by atoms with E-state index in [4.69, 9.17) is 5.11 Å². The van der Waals surface area contributed by atoms with Crippen LogP contribution < -0.4 is 5.32 Å². The van der Waals surface area contributed by atoms with E-state index in [-0.39, 0.29) is 17.9 Å². The van der Waals surface area contributed by atoms with E-state index in [2.05, 4.69) is 5.32 Å². The predicted molar refractivity (Wildman–Crippen MR) is 76.5 cm³/mol. The van der Waals surface area contributed by atoms with Crippen molar-refractivity contribution in [1.29, 1.82) is 0 Å². The summed E-state index contributed by atoms with van der Waals surface area (Å²) in [6, 6.07) is -0.0163. The topological polar surface area (TPSA) is 86.7 Å². The average Bonchev–Trinajstić information content (AvgIpc) is 3.20. The minimum absolute atomic E-state index is 0.0163. The minimum Gasteiger partial charge on any atom is -0.480 e. The monoisotopic (exact) mass is 296 g/mol. The first kappa shape index (κ1) is 15.8. The van der Waals surface area contributed by atoms with Crippen LogP contribution in [-0.4, -0.2) is 46.9 Å². The highest BCUT2D eigenvalue weighted by atomic mass is 16.4. The fourth-order valence-electron chi connectivity index (χ4n) is 2.74. The summed E-state index contributed by atoms with van der Waals surface area (Å²) >= 11 is 0. The number of aliphatic carboxylic acids is 1. The number of carboxylic acid groups (broad SMARTS) is 1. The SMILES string of the molecule is CC(C)CC(=O)N1CCC(NC(=O)C2(C(=O)O)CC2)CC1. The number of amides is 2. The number of hydrogen-bond donors (Lipinski definition) is 2. The van der Waals surface area contributed by atoms with Crippen molar-refractivity contribution >= 4 is 17.8 Å². The number of carboxylic acids is 1. The molecule has 2 fully saturated rings. The molecule has 0 spiro atoms. The highest BCUT2D eigenvalue weighted by Gasteiger charge is 2.57. The lowest BCUT2D eigenvalue weighted by Crippen LogP contribution is -2.49. The van der Waals surface area contributed by atoms with Gasteiger partial charge in [0.15, 0.2) is 0 Å². The number of carbonyl (C=O) groups excluding carboxylic acids is 2. The summed E-state index contributed by atoms with van der Waals surface area (Å²) < 4.78 is 0. The second-order valence-electron chi connectivity index (χ2n) is 6.61. The third-order valence-electron chi connectivity index (χ3n) is 4.36. The standard InChI is InChI=1S/C15H24N2O4/c1-10(2)9-12(18)17-7-3-11(4-8-17)16-13(19)15(5-6-15)14(20)21/h10-11H,3-9H2,1-2H3,(H,16,19)(H,20,21). The highest BCUT2D eigenvalue weighted by Crippen LogP contribution is 2.46. The van der Waals surface area contributed by atoms with E-state index in [1.165, 1.54) is 0 Å². The summed E-state index contributed by atoms with van der Waals surface area (Å²) in [5.41, 5.74) is -1.18. The van der Waals surface area contributed by atoms with Crippen LogP contribution in [0.25, 0.3) is 0 Å². The van der Waals surface area contributed by atoms with Crippen molar-refractivity contribution in [3.8, 4) is 0 Å². The first-order valence-electron chi connectivity index (χ1n) is 7.67. The number of likely N-dealkylation sites (tertiary alicyclic amines) is 1. The third kappa shape index (κ3) is 3.54. The fraction of sp³-hybridized carbons (Fsp3) is 0.800. The van der Waals surface area contributed by atoms with E-state index >= 15 is 0 Å². The van der Waals surface area contributed by atoms with Gasteiger partial charge in [0.05, 0.1) is 0 Å². The fourth-order valence-corrected chi connectivity index (χ4v) is 2.74. The van der Waals surface area contributed by atoms with Crippen LogP contribution in [-0.2, 0) is 14.4 Å². The van der Waals surface area contributed by atoms with Crippen LogP contribution in [0.5, 0.6) is 0 Å². The van der Waals surface area contributed by atoms with Gasteiger partial charge in [-0.15, -0.1) is 0 Å². The zero-order valence-corrected chi connectivity index (χ0v) is 12.7. The van der Waals surface area contributed by atoms with Crippen LogP contribution in [0, 0.1) is 11.3 Å². The van der Waals surface area contributed by atoms with Crippen molar-refractivity contribution in [2.75, 3.05) is 13.1 Å². The van der Waals surface area contributed by atoms with Gasteiger partial charge < -0.3 is 15.3 Å². The van der Waals surface area contributed by atoms with E-state index in [1.54, 1.807) is 0 Å². The molecule has 0 bridgehead atoms. The lowest BCUT2D eigenvalue weighted by Gasteiger charge is -2.33. The minimum atomic E-state index is -1.18. The molecule has 0 aromatic rings. The molecule has 6 nitrogen and oxygen atoms in total. The smallest absolute Gasteiger partial charge is 0.319 e. The first-order valence-corrected chi connectivity index (χ1v) is 7.67. The molecule has 0 aromatic carbocycles. The number of hydrogen-bond acceptors (Lipinski definition) is 3. The zero-order valence-electron chi connectivity index (χ0n) is 12.7. The Kier molecular flexibility index (Phi) is 4.54. The average molecular weight is 296 g/mol. The molecular weight excluding hydrogens is 272 g/mol. The summed E-state index contributed by atoms with van der Waals surface area (Å²) in [6.45, 7) is 5.31. The molecule has 2 rings (SSSR count). The van der Waals surface area contributed by atoms with E-state index < -0.39 is 11.4 Å². The normalized spacial score (nSPS) is 21.2. The third-order valence-corrected chi connectivity index (χ3v) is 4.36. The first-order chi connectivity index (χ1) is 9.85. The van der Waals surface area contributed by atoms with Gasteiger partial charge in [0, 0.05) is 25.6 Å². The van der Waals surface area contributed by atoms with E-state index in [0.29, 0.717) is 51.1 Å². The van der Waals surface area contributed by atoms with Crippen molar-refractivity contribution in [3.05, 3.63) is 0 Å². The molecule has 2 aliphatic rings. The van der Waals surface area contributed by atoms with Gasteiger partial charge in [0.25, 0.3) is 0 Å². The summed E-state index contributed by atoms with van der Waals surface area (Å²) in [6.07, 6.45) is 2.81. The van der Waals surface area contributed by atoms with Gasteiger partial charge in [0.1, 0.15) is 5.41 Å². The zero-order chi connectivity index (χ0) is 15.6.